The lowest BCUT2D eigenvalue weighted by Crippen LogP contribution is -2.34. The summed E-state index contributed by atoms with van der Waals surface area (Å²) in [5, 5.41) is 16.1. The number of nitrogens with zero attached hydrogens (tertiary/aromatic N) is 1. The molecule has 0 aliphatic rings. The fourth-order valence-electron chi connectivity index (χ4n) is 3.20. The molecule has 4 rings (SSSR count). The first-order valence-corrected chi connectivity index (χ1v) is 9.70. The van der Waals surface area contributed by atoms with Gasteiger partial charge in [-0.2, -0.15) is 0 Å². The summed E-state index contributed by atoms with van der Waals surface area (Å²) >= 11 is 5.24. The van der Waals surface area contributed by atoms with Gasteiger partial charge < -0.3 is 14.8 Å². The molecule has 0 aliphatic carbocycles. The second kappa shape index (κ2) is 7.96. The van der Waals surface area contributed by atoms with Gasteiger partial charge in [-0.3, -0.25) is 10.1 Å². The quantitative estimate of drug-likeness (QED) is 0.323. The number of phenolic OH excluding ortho intramolecular Hbond substituents is 1. The van der Waals surface area contributed by atoms with E-state index in [1.165, 1.54) is 6.07 Å². The van der Waals surface area contributed by atoms with Crippen LogP contribution in [0.25, 0.3) is 22.6 Å². The van der Waals surface area contributed by atoms with Crippen LogP contribution in [0.2, 0.25) is 0 Å². The van der Waals surface area contributed by atoms with Crippen molar-refractivity contribution in [3.05, 3.63) is 77.4 Å². The molecule has 6 nitrogen and oxygen atoms in total. The minimum Gasteiger partial charge on any atom is -0.507 e. The number of nitrogens with one attached hydrogen (secondary N) is 2. The predicted molar refractivity (Wildman–Crippen MR) is 121 cm³/mol. The van der Waals surface area contributed by atoms with Gasteiger partial charge in [0.1, 0.15) is 11.3 Å². The van der Waals surface area contributed by atoms with E-state index in [2.05, 4.69) is 15.6 Å². The van der Waals surface area contributed by atoms with Crippen LogP contribution in [0, 0.1) is 13.8 Å². The molecule has 150 valence electrons. The summed E-state index contributed by atoms with van der Waals surface area (Å²) in [4.78, 5) is 16.8. The van der Waals surface area contributed by atoms with Crippen molar-refractivity contribution < 1.29 is 14.3 Å². The summed E-state index contributed by atoms with van der Waals surface area (Å²) in [7, 11) is 0. The van der Waals surface area contributed by atoms with Crippen LogP contribution in [0.1, 0.15) is 21.5 Å². The first-order chi connectivity index (χ1) is 14.4. The van der Waals surface area contributed by atoms with Crippen LogP contribution < -0.4 is 10.6 Å². The van der Waals surface area contributed by atoms with Gasteiger partial charge in [-0.1, -0.05) is 24.3 Å². The summed E-state index contributed by atoms with van der Waals surface area (Å²) in [5.74, 6) is 0.0247. The van der Waals surface area contributed by atoms with Crippen molar-refractivity contribution in [1.29, 1.82) is 0 Å². The highest BCUT2D eigenvalue weighted by molar-refractivity contribution is 7.80. The fourth-order valence-corrected chi connectivity index (χ4v) is 3.41. The highest BCUT2D eigenvalue weighted by atomic mass is 32.1. The Bertz CT molecular complexity index is 1270. The number of carbonyl (C=O) groups is 1. The number of thiocarbonyl (C=S) groups is 1. The van der Waals surface area contributed by atoms with Crippen molar-refractivity contribution in [1.82, 2.24) is 10.3 Å². The zero-order chi connectivity index (χ0) is 21.3. The number of fused-ring (bicyclic) bond motifs is 1. The van der Waals surface area contributed by atoms with Gasteiger partial charge >= 0.3 is 0 Å². The topological polar surface area (TPSA) is 87.4 Å². The number of oxazole rings is 1. The maximum atomic E-state index is 12.2. The molecule has 3 aromatic carbocycles. The highest BCUT2D eigenvalue weighted by Crippen LogP contribution is 2.34. The Hall–Kier alpha value is -3.71. The number of hydrogen-bond acceptors (Lipinski definition) is 5. The normalized spacial score (nSPS) is 10.7. The van der Waals surface area contributed by atoms with Gasteiger partial charge in [0.2, 0.25) is 5.89 Å². The Morgan fingerprint density at radius 2 is 1.83 bits per heavy atom. The van der Waals surface area contributed by atoms with Crippen LogP contribution in [0.15, 0.2) is 65.1 Å². The number of rotatable bonds is 3. The van der Waals surface area contributed by atoms with E-state index in [1.807, 2.05) is 32.0 Å². The second-order valence-electron chi connectivity index (χ2n) is 6.96. The van der Waals surface area contributed by atoms with Crippen molar-refractivity contribution in [2.75, 3.05) is 5.32 Å². The Balaban J connectivity index is 1.57. The number of carbonyl (C=O) groups excluding carboxylic acids is 1. The molecular formula is C23H19N3O3S. The number of aryl methyl sites for hydroxylation is 2. The van der Waals surface area contributed by atoms with Crippen molar-refractivity contribution >= 4 is 40.0 Å². The lowest BCUT2D eigenvalue weighted by molar-refractivity contribution is 0.0977. The third-order valence-corrected chi connectivity index (χ3v) is 4.77. The third kappa shape index (κ3) is 4.01. The average Bonchev–Trinajstić information content (AvgIpc) is 3.14. The Kier molecular flexibility index (Phi) is 5.20. The molecule has 0 saturated heterocycles. The molecule has 0 atom stereocenters. The van der Waals surface area contributed by atoms with E-state index in [0.717, 1.165) is 16.6 Å². The molecule has 30 heavy (non-hydrogen) atoms. The largest absolute Gasteiger partial charge is 0.507 e. The molecule has 4 aromatic rings. The van der Waals surface area contributed by atoms with Gasteiger partial charge in [0.25, 0.3) is 5.91 Å². The van der Waals surface area contributed by atoms with Crippen LogP contribution in [0.5, 0.6) is 5.75 Å². The summed E-state index contributed by atoms with van der Waals surface area (Å²) < 4.78 is 5.90. The molecule has 1 aromatic heterocycles. The van der Waals surface area contributed by atoms with Gasteiger partial charge in [0.05, 0.1) is 5.56 Å². The van der Waals surface area contributed by atoms with Crippen molar-refractivity contribution in [3.63, 3.8) is 0 Å². The summed E-state index contributed by atoms with van der Waals surface area (Å²) in [6.07, 6.45) is 0. The first-order valence-electron chi connectivity index (χ1n) is 9.29. The maximum absolute atomic E-state index is 12.2. The molecule has 0 unspecified atom stereocenters. The third-order valence-electron chi connectivity index (χ3n) is 4.57. The van der Waals surface area contributed by atoms with Crippen LogP contribution in [-0.4, -0.2) is 21.1 Å². The monoisotopic (exact) mass is 417 g/mol. The summed E-state index contributed by atoms with van der Waals surface area (Å²) in [5.41, 5.74) is 4.97. The van der Waals surface area contributed by atoms with Gasteiger partial charge in [-0.15, -0.1) is 0 Å². The molecule has 1 amide bonds. The predicted octanol–water partition coefficient (Wildman–Crippen LogP) is 4.94. The standard InChI is InChI=1S/C23H19N3O3S/c1-13-10-14(2)20-18(11-13)25-22(29-20)17-12-16(8-9-19(17)27)24-23(30)26-21(28)15-6-4-3-5-7-15/h3-12,27H,1-2H3,(H2,24,26,28,30). The molecule has 1 heterocycles. The minimum atomic E-state index is -0.308. The highest BCUT2D eigenvalue weighted by Gasteiger charge is 2.15. The zero-order valence-corrected chi connectivity index (χ0v) is 17.2. The Morgan fingerprint density at radius 3 is 2.60 bits per heavy atom. The number of aromatic nitrogens is 1. The van der Waals surface area contributed by atoms with Gasteiger partial charge in [0.15, 0.2) is 10.7 Å². The van der Waals surface area contributed by atoms with Gasteiger partial charge in [0, 0.05) is 11.3 Å². The van der Waals surface area contributed by atoms with Crippen LogP contribution in [-0.2, 0) is 0 Å². The molecule has 0 fully saturated rings. The molecule has 0 saturated carbocycles. The number of anilines is 1. The molecule has 0 radical (unpaired) electrons. The Labute approximate surface area is 178 Å². The van der Waals surface area contributed by atoms with E-state index >= 15 is 0 Å². The number of phenols is 1. The van der Waals surface area contributed by atoms with Crippen molar-refractivity contribution in [2.45, 2.75) is 13.8 Å². The lowest BCUT2D eigenvalue weighted by atomic mass is 10.1. The Morgan fingerprint density at radius 1 is 1.07 bits per heavy atom. The van der Waals surface area contributed by atoms with Crippen LogP contribution >= 0.6 is 12.2 Å². The smallest absolute Gasteiger partial charge is 0.257 e. The van der Waals surface area contributed by atoms with Gasteiger partial charge in [-0.05, 0) is 73.6 Å². The number of amides is 1. The van der Waals surface area contributed by atoms with Crippen molar-refractivity contribution in [3.8, 4) is 17.2 Å². The summed E-state index contributed by atoms with van der Waals surface area (Å²) in [6.45, 7) is 3.95. The van der Waals surface area contributed by atoms with E-state index in [1.54, 1.807) is 36.4 Å². The lowest BCUT2D eigenvalue weighted by Gasteiger charge is -2.11. The number of aromatic hydroxyl groups is 1. The van der Waals surface area contributed by atoms with Crippen molar-refractivity contribution in [2.24, 2.45) is 0 Å². The van der Waals surface area contributed by atoms with E-state index in [-0.39, 0.29) is 16.8 Å². The average molecular weight is 417 g/mol. The molecular weight excluding hydrogens is 398 g/mol. The minimum absolute atomic E-state index is 0.0284. The van der Waals surface area contributed by atoms with Crippen LogP contribution in [0.3, 0.4) is 0 Å². The first kappa shape index (κ1) is 19.6. The fraction of sp³-hybridized carbons (Fsp3) is 0.0870. The number of hydrogen-bond donors (Lipinski definition) is 3. The SMILES string of the molecule is Cc1cc(C)c2oc(-c3cc(NC(=S)NC(=O)c4ccccc4)ccc3O)nc2c1. The number of benzene rings is 3. The zero-order valence-electron chi connectivity index (χ0n) is 16.4. The van der Waals surface area contributed by atoms with E-state index < -0.39 is 0 Å². The molecule has 0 bridgehead atoms. The summed E-state index contributed by atoms with van der Waals surface area (Å²) in [6, 6.07) is 17.6. The molecule has 7 heteroatoms. The van der Waals surface area contributed by atoms with Gasteiger partial charge in [-0.25, -0.2) is 4.98 Å². The maximum Gasteiger partial charge on any atom is 0.257 e. The molecule has 3 N–H and O–H groups in total. The van der Waals surface area contributed by atoms with E-state index in [9.17, 15) is 9.90 Å². The molecule has 0 aliphatic heterocycles. The second-order valence-corrected chi connectivity index (χ2v) is 7.36. The van der Waals surface area contributed by atoms with Crippen LogP contribution in [0.4, 0.5) is 5.69 Å². The molecule has 0 spiro atoms. The van der Waals surface area contributed by atoms with E-state index in [0.29, 0.717) is 28.3 Å². The van der Waals surface area contributed by atoms with E-state index in [4.69, 9.17) is 16.6 Å².